The van der Waals surface area contributed by atoms with E-state index in [1.807, 2.05) is 13.1 Å². The number of nitrogens with one attached hydrogen (secondary N) is 1. The summed E-state index contributed by atoms with van der Waals surface area (Å²) in [6.45, 7) is 6.10. The lowest BCUT2D eigenvalue weighted by Crippen LogP contribution is -2.29. The molecule has 0 bridgehead atoms. The SMILES string of the molecule is CNCc1c(F)cccc1N(CCC(C)C)C1CC1. The molecule has 2 rings (SSSR count). The summed E-state index contributed by atoms with van der Waals surface area (Å²) in [6.07, 6.45) is 3.65. The molecule has 0 heterocycles. The van der Waals surface area contributed by atoms with Crippen LogP contribution in [-0.2, 0) is 6.54 Å². The van der Waals surface area contributed by atoms with Crippen molar-refractivity contribution in [1.82, 2.24) is 5.32 Å². The zero-order valence-electron chi connectivity index (χ0n) is 12.2. The Kier molecular flexibility index (Phi) is 4.81. The normalized spacial score (nSPS) is 15.0. The van der Waals surface area contributed by atoms with E-state index in [0.29, 0.717) is 18.5 Å². The molecule has 0 amide bonds. The first-order chi connectivity index (χ1) is 9.13. The fourth-order valence-corrected chi connectivity index (χ4v) is 2.45. The Labute approximate surface area is 116 Å². The quantitative estimate of drug-likeness (QED) is 0.810. The van der Waals surface area contributed by atoms with Crippen LogP contribution in [0.3, 0.4) is 0 Å². The standard InChI is InChI=1S/C16H25FN2/c1-12(2)9-10-19(13-7-8-13)16-6-4-5-15(17)14(16)11-18-3/h4-6,12-13,18H,7-11H2,1-3H3. The fourth-order valence-electron chi connectivity index (χ4n) is 2.45. The summed E-state index contributed by atoms with van der Waals surface area (Å²) in [4.78, 5) is 2.41. The molecule has 0 unspecified atom stereocenters. The van der Waals surface area contributed by atoms with Gasteiger partial charge in [0.15, 0.2) is 0 Å². The number of hydrogen-bond donors (Lipinski definition) is 1. The highest BCUT2D eigenvalue weighted by atomic mass is 19.1. The van der Waals surface area contributed by atoms with Crippen molar-refractivity contribution in [1.29, 1.82) is 0 Å². The van der Waals surface area contributed by atoms with Gasteiger partial charge in [0.1, 0.15) is 5.82 Å². The molecule has 106 valence electrons. The minimum absolute atomic E-state index is 0.0953. The van der Waals surface area contributed by atoms with E-state index >= 15 is 0 Å². The zero-order chi connectivity index (χ0) is 13.8. The molecule has 1 N–H and O–H groups in total. The summed E-state index contributed by atoms with van der Waals surface area (Å²) in [5.74, 6) is 0.588. The Morgan fingerprint density at radius 2 is 2.11 bits per heavy atom. The third kappa shape index (κ3) is 3.69. The van der Waals surface area contributed by atoms with E-state index in [9.17, 15) is 4.39 Å². The predicted octanol–water partition coefficient (Wildman–Crippen LogP) is 3.56. The number of rotatable bonds is 7. The van der Waals surface area contributed by atoms with Gasteiger partial charge in [-0.15, -0.1) is 0 Å². The van der Waals surface area contributed by atoms with Crippen LogP contribution >= 0.6 is 0 Å². The highest BCUT2D eigenvalue weighted by molar-refractivity contribution is 5.56. The molecule has 0 atom stereocenters. The number of hydrogen-bond acceptors (Lipinski definition) is 2. The zero-order valence-corrected chi connectivity index (χ0v) is 12.2. The molecule has 0 aromatic heterocycles. The average molecular weight is 264 g/mol. The minimum atomic E-state index is -0.0953. The summed E-state index contributed by atoms with van der Waals surface area (Å²) in [6, 6.07) is 6.07. The van der Waals surface area contributed by atoms with Crippen molar-refractivity contribution in [3.05, 3.63) is 29.6 Å². The van der Waals surface area contributed by atoms with Gasteiger partial charge in [-0.3, -0.25) is 0 Å². The summed E-state index contributed by atoms with van der Waals surface area (Å²) >= 11 is 0. The van der Waals surface area contributed by atoms with Gasteiger partial charge in [0.05, 0.1) is 0 Å². The van der Waals surface area contributed by atoms with Crippen molar-refractivity contribution in [2.75, 3.05) is 18.5 Å². The van der Waals surface area contributed by atoms with Gasteiger partial charge in [-0.2, -0.15) is 0 Å². The summed E-state index contributed by atoms with van der Waals surface area (Å²) in [5, 5.41) is 3.08. The van der Waals surface area contributed by atoms with Crippen LogP contribution < -0.4 is 10.2 Å². The van der Waals surface area contributed by atoms with Crippen LogP contribution in [0, 0.1) is 11.7 Å². The van der Waals surface area contributed by atoms with Crippen LogP contribution in [0.1, 0.15) is 38.7 Å². The number of nitrogens with zero attached hydrogens (tertiary/aromatic N) is 1. The molecular weight excluding hydrogens is 239 g/mol. The maximum absolute atomic E-state index is 14.0. The van der Waals surface area contributed by atoms with E-state index < -0.39 is 0 Å². The first-order valence-electron chi connectivity index (χ1n) is 7.32. The van der Waals surface area contributed by atoms with E-state index in [4.69, 9.17) is 0 Å². The predicted molar refractivity (Wildman–Crippen MR) is 79.0 cm³/mol. The van der Waals surface area contributed by atoms with Crippen molar-refractivity contribution in [2.45, 2.75) is 45.7 Å². The average Bonchev–Trinajstić information content (AvgIpc) is 3.17. The van der Waals surface area contributed by atoms with Crippen molar-refractivity contribution in [2.24, 2.45) is 5.92 Å². The Balaban J connectivity index is 2.22. The van der Waals surface area contributed by atoms with Crippen molar-refractivity contribution >= 4 is 5.69 Å². The smallest absolute Gasteiger partial charge is 0.129 e. The molecule has 1 saturated carbocycles. The van der Waals surface area contributed by atoms with Gasteiger partial charge in [-0.25, -0.2) is 4.39 Å². The van der Waals surface area contributed by atoms with E-state index in [2.05, 4.69) is 30.1 Å². The number of halogens is 1. The van der Waals surface area contributed by atoms with Gasteiger partial charge in [-0.1, -0.05) is 19.9 Å². The van der Waals surface area contributed by atoms with Crippen LogP contribution in [-0.4, -0.2) is 19.6 Å². The molecule has 0 aliphatic heterocycles. The molecule has 1 aromatic carbocycles. The molecule has 1 aromatic rings. The summed E-state index contributed by atoms with van der Waals surface area (Å²) in [7, 11) is 1.87. The van der Waals surface area contributed by atoms with Crippen molar-refractivity contribution in [3.63, 3.8) is 0 Å². The van der Waals surface area contributed by atoms with Crippen molar-refractivity contribution < 1.29 is 4.39 Å². The van der Waals surface area contributed by atoms with E-state index in [-0.39, 0.29) is 5.82 Å². The lowest BCUT2D eigenvalue weighted by atomic mass is 10.1. The topological polar surface area (TPSA) is 15.3 Å². The third-order valence-corrected chi connectivity index (χ3v) is 3.69. The second-order valence-electron chi connectivity index (χ2n) is 5.87. The van der Waals surface area contributed by atoms with Gasteiger partial charge in [0.25, 0.3) is 0 Å². The highest BCUT2D eigenvalue weighted by Crippen LogP contribution is 2.34. The van der Waals surface area contributed by atoms with Gasteiger partial charge < -0.3 is 10.2 Å². The van der Waals surface area contributed by atoms with Crippen molar-refractivity contribution in [3.8, 4) is 0 Å². The summed E-state index contributed by atoms with van der Waals surface area (Å²) < 4.78 is 14.0. The molecular formula is C16H25FN2. The van der Waals surface area contributed by atoms with Crippen LogP contribution in [0.25, 0.3) is 0 Å². The lowest BCUT2D eigenvalue weighted by Gasteiger charge is -2.28. The molecule has 0 saturated heterocycles. The van der Waals surface area contributed by atoms with Gasteiger partial charge in [-0.05, 0) is 44.4 Å². The Morgan fingerprint density at radius 3 is 2.68 bits per heavy atom. The molecule has 0 radical (unpaired) electrons. The molecule has 2 nitrogen and oxygen atoms in total. The van der Waals surface area contributed by atoms with E-state index in [1.54, 1.807) is 6.07 Å². The Hall–Kier alpha value is -1.09. The van der Waals surface area contributed by atoms with Gasteiger partial charge in [0.2, 0.25) is 0 Å². The van der Waals surface area contributed by atoms with Crippen LogP contribution in [0.15, 0.2) is 18.2 Å². The van der Waals surface area contributed by atoms with Crippen LogP contribution in [0.4, 0.5) is 10.1 Å². The summed E-state index contributed by atoms with van der Waals surface area (Å²) in [5.41, 5.74) is 1.89. The largest absolute Gasteiger partial charge is 0.368 e. The van der Waals surface area contributed by atoms with Crippen LogP contribution in [0.2, 0.25) is 0 Å². The first-order valence-corrected chi connectivity index (χ1v) is 7.32. The minimum Gasteiger partial charge on any atom is -0.368 e. The molecule has 1 fully saturated rings. The third-order valence-electron chi connectivity index (χ3n) is 3.69. The highest BCUT2D eigenvalue weighted by Gasteiger charge is 2.30. The van der Waals surface area contributed by atoms with Gasteiger partial charge >= 0.3 is 0 Å². The fraction of sp³-hybridized carbons (Fsp3) is 0.625. The van der Waals surface area contributed by atoms with E-state index in [0.717, 1.165) is 24.2 Å². The second kappa shape index (κ2) is 6.38. The maximum Gasteiger partial charge on any atom is 0.129 e. The van der Waals surface area contributed by atoms with Crippen LogP contribution in [0.5, 0.6) is 0 Å². The Bertz CT molecular complexity index is 413. The number of anilines is 1. The monoisotopic (exact) mass is 264 g/mol. The molecule has 19 heavy (non-hydrogen) atoms. The lowest BCUT2D eigenvalue weighted by molar-refractivity contribution is 0.564. The first kappa shape index (κ1) is 14.3. The second-order valence-corrected chi connectivity index (χ2v) is 5.87. The van der Waals surface area contributed by atoms with E-state index in [1.165, 1.54) is 12.8 Å². The maximum atomic E-state index is 14.0. The molecule has 1 aliphatic carbocycles. The molecule has 1 aliphatic rings. The Morgan fingerprint density at radius 1 is 1.37 bits per heavy atom. The molecule has 3 heteroatoms. The van der Waals surface area contributed by atoms with Gasteiger partial charge in [0, 0.05) is 30.4 Å². The molecule has 0 spiro atoms. The number of benzene rings is 1.